The number of benzene rings is 8. The van der Waals surface area contributed by atoms with Crippen LogP contribution in [0.15, 0.2) is 164 Å². The van der Waals surface area contributed by atoms with E-state index in [4.69, 9.17) is 0 Å². The summed E-state index contributed by atoms with van der Waals surface area (Å²) in [5, 5.41) is 7.86. The SMILES string of the molecule is Cc1ccccc1.Cc1ccccc1-c1ccc(-c2cccc(-c3ccc4c5ccccc5c5ccccc5c4c3)c2)cc1C. The maximum atomic E-state index is 2.37. The molecule has 0 radical (unpaired) electrons. The molecule has 8 rings (SSSR count). The Hall–Kier alpha value is -5.46. The molecule has 8 aromatic carbocycles. The summed E-state index contributed by atoms with van der Waals surface area (Å²) in [6.07, 6.45) is 0. The standard InChI is InChI=1S/C38H28.C7H8/c1-25-10-3-4-13-31(25)32-20-18-29(22-26(32)2)27-11-9-12-28(23-27)30-19-21-37-35-16-6-5-14-33(35)34-15-7-8-17-36(34)38(37)24-30;1-7-5-3-2-4-6-7/h3-24H,1-2H3;2-6H,1H3. The van der Waals surface area contributed by atoms with Crippen molar-refractivity contribution in [3.05, 3.63) is 180 Å². The average molecular weight is 577 g/mol. The Balaban J connectivity index is 0.000000412. The van der Waals surface area contributed by atoms with Crippen molar-refractivity contribution in [1.82, 2.24) is 0 Å². The van der Waals surface area contributed by atoms with Gasteiger partial charge in [-0.2, -0.15) is 0 Å². The van der Waals surface area contributed by atoms with Crippen LogP contribution in [0.4, 0.5) is 0 Å². The molecule has 0 aliphatic carbocycles. The third-order valence-corrected chi connectivity index (χ3v) is 8.88. The second kappa shape index (κ2) is 12.3. The molecule has 8 aromatic rings. The molecular weight excluding hydrogens is 540 g/mol. The van der Waals surface area contributed by atoms with Crippen LogP contribution in [-0.4, -0.2) is 0 Å². The van der Waals surface area contributed by atoms with Gasteiger partial charge in [-0.15, -0.1) is 0 Å². The van der Waals surface area contributed by atoms with E-state index in [-0.39, 0.29) is 0 Å². The van der Waals surface area contributed by atoms with E-state index in [0.29, 0.717) is 0 Å². The van der Waals surface area contributed by atoms with Crippen molar-refractivity contribution in [3.8, 4) is 33.4 Å². The number of aryl methyl sites for hydroxylation is 3. The first-order valence-electron chi connectivity index (χ1n) is 15.7. The van der Waals surface area contributed by atoms with E-state index in [1.54, 1.807) is 0 Å². The van der Waals surface area contributed by atoms with Crippen LogP contribution in [0.3, 0.4) is 0 Å². The van der Waals surface area contributed by atoms with Crippen LogP contribution in [0.1, 0.15) is 16.7 Å². The molecule has 0 amide bonds. The normalized spacial score (nSPS) is 11.0. The molecule has 0 aromatic heterocycles. The zero-order chi connectivity index (χ0) is 30.8. The van der Waals surface area contributed by atoms with Crippen molar-refractivity contribution in [2.75, 3.05) is 0 Å². The van der Waals surface area contributed by atoms with Crippen molar-refractivity contribution >= 4 is 32.3 Å². The fraction of sp³-hybridized carbons (Fsp3) is 0.0667. The zero-order valence-corrected chi connectivity index (χ0v) is 26.1. The molecule has 0 nitrogen and oxygen atoms in total. The molecule has 0 atom stereocenters. The second-order valence-electron chi connectivity index (χ2n) is 11.9. The van der Waals surface area contributed by atoms with Crippen molar-refractivity contribution in [2.45, 2.75) is 20.8 Å². The molecule has 0 fully saturated rings. The van der Waals surface area contributed by atoms with Crippen molar-refractivity contribution in [2.24, 2.45) is 0 Å². The Bertz CT molecular complexity index is 2250. The first kappa shape index (κ1) is 28.3. The smallest absolute Gasteiger partial charge is 0.00928 e. The van der Waals surface area contributed by atoms with E-state index < -0.39 is 0 Å². The fourth-order valence-corrected chi connectivity index (χ4v) is 6.52. The van der Waals surface area contributed by atoms with E-state index in [9.17, 15) is 0 Å². The second-order valence-corrected chi connectivity index (χ2v) is 11.9. The number of fused-ring (bicyclic) bond motifs is 6. The third kappa shape index (κ3) is 5.64. The summed E-state index contributed by atoms with van der Waals surface area (Å²) in [5.41, 5.74) is 11.5. The van der Waals surface area contributed by atoms with Gasteiger partial charge in [-0.1, -0.05) is 157 Å². The number of hydrogen-bond donors (Lipinski definition) is 0. The first-order valence-corrected chi connectivity index (χ1v) is 15.7. The lowest BCUT2D eigenvalue weighted by Crippen LogP contribution is -1.89. The Labute approximate surface area is 266 Å². The van der Waals surface area contributed by atoms with Crippen LogP contribution in [0.5, 0.6) is 0 Å². The van der Waals surface area contributed by atoms with Crippen LogP contribution in [0, 0.1) is 20.8 Å². The van der Waals surface area contributed by atoms with Gasteiger partial charge in [0.2, 0.25) is 0 Å². The fourth-order valence-electron chi connectivity index (χ4n) is 6.52. The highest BCUT2D eigenvalue weighted by atomic mass is 14.1. The van der Waals surface area contributed by atoms with Crippen LogP contribution < -0.4 is 0 Å². The Morgan fingerprint density at radius 2 is 0.733 bits per heavy atom. The van der Waals surface area contributed by atoms with Crippen molar-refractivity contribution in [1.29, 1.82) is 0 Å². The van der Waals surface area contributed by atoms with Gasteiger partial charge in [0.15, 0.2) is 0 Å². The number of hydrogen-bond acceptors (Lipinski definition) is 0. The summed E-state index contributed by atoms with van der Waals surface area (Å²) in [5.74, 6) is 0. The lowest BCUT2D eigenvalue weighted by Gasteiger charge is -2.13. The van der Waals surface area contributed by atoms with Gasteiger partial charge in [-0.05, 0) is 110 Å². The Kier molecular flexibility index (Phi) is 7.72. The maximum Gasteiger partial charge on any atom is -0.00928 e. The van der Waals surface area contributed by atoms with Gasteiger partial charge in [0.25, 0.3) is 0 Å². The molecule has 0 N–H and O–H groups in total. The molecule has 0 aliphatic rings. The molecule has 0 saturated carbocycles. The Morgan fingerprint density at radius 1 is 0.267 bits per heavy atom. The minimum absolute atomic E-state index is 1.24. The molecule has 0 heteroatoms. The van der Waals surface area contributed by atoms with Gasteiger partial charge >= 0.3 is 0 Å². The summed E-state index contributed by atoms with van der Waals surface area (Å²) in [7, 11) is 0. The van der Waals surface area contributed by atoms with E-state index in [1.165, 1.54) is 82.4 Å². The first-order chi connectivity index (χ1) is 22.1. The molecule has 216 valence electrons. The van der Waals surface area contributed by atoms with Crippen molar-refractivity contribution in [3.63, 3.8) is 0 Å². The summed E-state index contributed by atoms with van der Waals surface area (Å²) in [6, 6.07) is 59.2. The molecule has 0 unspecified atom stereocenters. The minimum atomic E-state index is 1.24. The zero-order valence-electron chi connectivity index (χ0n) is 26.1. The topological polar surface area (TPSA) is 0 Å². The monoisotopic (exact) mass is 576 g/mol. The summed E-state index contributed by atoms with van der Waals surface area (Å²) in [4.78, 5) is 0. The average Bonchev–Trinajstić information content (AvgIpc) is 3.09. The molecule has 0 aliphatic heterocycles. The predicted octanol–water partition coefficient (Wildman–Crippen LogP) is 12.8. The van der Waals surface area contributed by atoms with Crippen molar-refractivity contribution < 1.29 is 0 Å². The molecule has 45 heavy (non-hydrogen) atoms. The minimum Gasteiger partial charge on any atom is -0.0622 e. The Morgan fingerprint density at radius 3 is 1.31 bits per heavy atom. The molecule has 0 saturated heterocycles. The third-order valence-electron chi connectivity index (χ3n) is 8.88. The van der Waals surface area contributed by atoms with E-state index in [2.05, 4.69) is 166 Å². The highest BCUT2D eigenvalue weighted by Gasteiger charge is 2.11. The summed E-state index contributed by atoms with van der Waals surface area (Å²) >= 11 is 0. The van der Waals surface area contributed by atoms with Gasteiger partial charge in [0, 0.05) is 0 Å². The lowest BCUT2D eigenvalue weighted by molar-refractivity contribution is 1.41. The van der Waals surface area contributed by atoms with Gasteiger partial charge in [-0.3, -0.25) is 0 Å². The molecule has 0 spiro atoms. The molecule has 0 heterocycles. The van der Waals surface area contributed by atoms with Crippen LogP contribution in [0.25, 0.3) is 65.7 Å². The maximum absolute atomic E-state index is 2.37. The van der Waals surface area contributed by atoms with Gasteiger partial charge in [0.1, 0.15) is 0 Å². The largest absolute Gasteiger partial charge is 0.0622 e. The molecule has 0 bridgehead atoms. The van der Waals surface area contributed by atoms with E-state index in [1.807, 2.05) is 18.2 Å². The lowest BCUT2D eigenvalue weighted by atomic mass is 9.90. The van der Waals surface area contributed by atoms with E-state index >= 15 is 0 Å². The summed E-state index contributed by atoms with van der Waals surface area (Å²) < 4.78 is 0. The van der Waals surface area contributed by atoms with Crippen LogP contribution in [0.2, 0.25) is 0 Å². The van der Waals surface area contributed by atoms with Crippen LogP contribution in [-0.2, 0) is 0 Å². The predicted molar refractivity (Wildman–Crippen MR) is 196 cm³/mol. The molecular formula is C45H36. The van der Waals surface area contributed by atoms with Gasteiger partial charge in [-0.25, -0.2) is 0 Å². The van der Waals surface area contributed by atoms with Gasteiger partial charge < -0.3 is 0 Å². The van der Waals surface area contributed by atoms with E-state index in [0.717, 1.165) is 0 Å². The van der Waals surface area contributed by atoms with Crippen LogP contribution >= 0.6 is 0 Å². The summed E-state index contributed by atoms with van der Waals surface area (Å²) in [6.45, 7) is 6.48. The highest BCUT2D eigenvalue weighted by Crippen LogP contribution is 2.38. The highest BCUT2D eigenvalue weighted by molar-refractivity contribution is 6.25. The quantitative estimate of drug-likeness (QED) is 0.184. The number of rotatable bonds is 3. The van der Waals surface area contributed by atoms with Gasteiger partial charge in [0.05, 0.1) is 0 Å².